The fraction of sp³-hybridized carbons (Fsp3) is 0.447. The molecule has 0 radical (unpaired) electrons. The second-order valence-corrected chi connectivity index (χ2v) is 11.9. The average Bonchev–Trinajstić information content (AvgIpc) is 3.09. The van der Waals surface area contributed by atoms with Gasteiger partial charge in [-0.25, -0.2) is 4.79 Å². The lowest BCUT2D eigenvalue weighted by Gasteiger charge is -2.29. The fourth-order valence-electron chi connectivity index (χ4n) is 5.76. The number of pyridine rings is 1. The van der Waals surface area contributed by atoms with Crippen LogP contribution in [-0.2, 0) is 25.5 Å². The number of aryl methyl sites for hydroxylation is 1. The first-order valence-electron chi connectivity index (χ1n) is 16.0. The Morgan fingerprint density at radius 3 is 2.18 bits per heavy atom. The number of nitrogens with zero attached hydrogens (tertiary/aromatic N) is 1. The molecule has 0 aliphatic heterocycles. The van der Waals surface area contributed by atoms with Crippen molar-refractivity contribution >= 4 is 23.0 Å². The van der Waals surface area contributed by atoms with Crippen LogP contribution in [0.2, 0.25) is 0 Å². The monoisotopic (exact) mass is 615 g/mol. The molecule has 4 rings (SSSR count). The molecule has 2 N–H and O–H groups in total. The summed E-state index contributed by atoms with van der Waals surface area (Å²) in [6.45, 7) is 8.82. The van der Waals surface area contributed by atoms with Gasteiger partial charge in [0.25, 0.3) is 0 Å². The van der Waals surface area contributed by atoms with E-state index < -0.39 is 12.6 Å². The highest BCUT2D eigenvalue weighted by Crippen LogP contribution is 2.41. The smallest absolute Gasteiger partial charge is 0.335 e. The van der Waals surface area contributed by atoms with Crippen LogP contribution in [0, 0.1) is 0 Å². The zero-order chi connectivity index (χ0) is 32.6. The maximum Gasteiger partial charge on any atom is 0.335 e. The van der Waals surface area contributed by atoms with Crippen molar-refractivity contribution < 1.29 is 29.3 Å². The van der Waals surface area contributed by atoms with Crippen LogP contribution in [-0.4, -0.2) is 61.0 Å². The van der Waals surface area contributed by atoms with E-state index in [2.05, 4.69) is 62.5 Å². The number of carbonyl (C=O) groups is 2. The van der Waals surface area contributed by atoms with Gasteiger partial charge in [0, 0.05) is 24.6 Å². The summed E-state index contributed by atoms with van der Waals surface area (Å²) in [6.07, 6.45) is 12.2. The molecule has 1 fully saturated rings. The number of carbonyl (C=O) groups excluding carboxylic acids is 2. The number of aromatic nitrogens is 1. The number of aliphatic hydroxyl groups excluding tert-OH is 2. The number of hydrogen-bond acceptors (Lipinski definition) is 7. The van der Waals surface area contributed by atoms with E-state index in [1.54, 1.807) is 7.11 Å². The molecule has 1 aliphatic rings. The number of ether oxygens (including phenoxy) is 2. The lowest BCUT2D eigenvalue weighted by atomic mass is 9.76. The molecule has 0 spiro atoms. The van der Waals surface area contributed by atoms with Gasteiger partial charge in [0.15, 0.2) is 0 Å². The van der Waals surface area contributed by atoms with Crippen LogP contribution < -0.4 is 0 Å². The lowest BCUT2D eigenvalue weighted by molar-refractivity contribution is -0.140. The quantitative estimate of drug-likeness (QED) is 0.0824. The second-order valence-electron chi connectivity index (χ2n) is 11.9. The minimum absolute atomic E-state index is 0.0423. The molecule has 1 saturated carbocycles. The highest BCUT2D eigenvalue weighted by molar-refractivity contribution is 5.88. The molecule has 1 atom stereocenters. The average molecular weight is 616 g/mol. The van der Waals surface area contributed by atoms with E-state index in [9.17, 15) is 9.59 Å². The van der Waals surface area contributed by atoms with Gasteiger partial charge in [0.1, 0.15) is 12.9 Å². The first kappa shape index (κ1) is 35.8. The van der Waals surface area contributed by atoms with Crippen molar-refractivity contribution in [1.82, 2.24) is 4.98 Å². The third-order valence-corrected chi connectivity index (χ3v) is 8.53. The minimum atomic E-state index is -0.592. The molecule has 7 heteroatoms. The molecular weight excluding hydrogens is 566 g/mol. The Labute approximate surface area is 268 Å². The van der Waals surface area contributed by atoms with Crippen LogP contribution in [0.4, 0.5) is 0 Å². The molecule has 7 nitrogen and oxygen atoms in total. The van der Waals surface area contributed by atoms with Crippen LogP contribution >= 0.6 is 0 Å². The molecule has 0 bridgehead atoms. The summed E-state index contributed by atoms with van der Waals surface area (Å²) in [7, 11) is 1.62. The van der Waals surface area contributed by atoms with Gasteiger partial charge in [-0.05, 0) is 83.9 Å². The maximum absolute atomic E-state index is 11.9. The first-order valence-corrected chi connectivity index (χ1v) is 16.0. The third kappa shape index (κ3) is 11.0. The van der Waals surface area contributed by atoms with E-state index in [0.29, 0.717) is 24.7 Å². The van der Waals surface area contributed by atoms with Gasteiger partial charge in [-0.3, -0.25) is 9.78 Å². The summed E-state index contributed by atoms with van der Waals surface area (Å²) < 4.78 is 10.6. The Morgan fingerprint density at radius 2 is 1.60 bits per heavy atom. The normalized spacial score (nSPS) is 16.7. The van der Waals surface area contributed by atoms with Crippen LogP contribution in [0.15, 0.2) is 79.0 Å². The highest BCUT2D eigenvalue weighted by atomic mass is 16.5. The number of aldehydes is 1. The van der Waals surface area contributed by atoms with Crippen LogP contribution in [0.5, 0.6) is 0 Å². The van der Waals surface area contributed by atoms with E-state index >= 15 is 0 Å². The minimum Gasteiger partial charge on any atom is -0.461 e. The van der Waals surface area contributed by atoms with Gasteiger partial charge in [0.05, 0.1) is 31.3 Å². The number of unbranched alkanes of at least 4 members (excludes halogenated alkanes) is 2. The first-order chi connectivity index (χ1) is 21.8. The summed E-state index contributed by atoms with van der Waals surface area (Å²) in [5.41, 5.74) is 5.28. The molecule has 1 aromatic heterocycles. The number of hydrogen-bond donors (Lipinski definition) is 2. The van der Waals surface area contributed by atoms with Gasteiger partial charge in [-0.1, -0.05) is 75.4 Å². The van der Waals surface area contributed by atoms with Crippen molar-refractivity contribution in [3.05, 3.63) is 101 Å². The van der Waals surface area contributed by atoms with Crippen LogP contribution in [0.1, 0.15) is 92.0 Å². The maximum atomic E-state index is 11.9. The predicted molar refractivity (Wildman–Crippen MR) is 179 cm³/mol. The van der Waals surface area contributed by atoms with Crippen molar-refractivity contribution in [2.45, 2.75) is 76.0 Å². The van der Waals surface area contributed by atoms with E-state index in [0.717, 1.165) is 18.5 Å². The predicted octanol–water partition coefficient (Wildman–Crippen LogP) is 6.96. The van der Waals surface area contributed by atoms with E-state index in [1.165, 1.54) is 66.0 Å². The largest absolute Gasteiger partial charge is 0.461 e. The summed E-state index contributed by atoms with van der Waals surface area (Å²) in [6, 6.07) is 18.2. The zero-order valence-corrected chi connectivity index (χ0v) is 26.9. The molecular formula is C38H49NO6. The summed E-state index contributed by atoms with van der Waals surface area (Å²) in [4.78, 5) is 26.1. The van der Waals surface area contributed by atoms with Gasteiger partial charge >= 0.3 is 5.97 Å². The van der Waals surface area contributed by atoms with Crippen molar-refractivity contribution in [2.24, 2.45) is 0 Å². The van der Waals surface area contributed by atoms with Crippen LogP contribution in [0.3, 0.4) is 0 Å². The highest BCUT2D eigenvalue weighted by Gasteiger charge is 2.25. The Balaban J connectivity index is 0.000000838. The molecule has 242 valence electrons. The summed E-state index contributed by atoms with van der Waals surface area (Å²) in [5.74, 6) is 0.359. The number of benzene rings is 2. The third-order valence-electron chi connectivity index (χ3n) is 8.53. The molecule has 0 saturated heterocycles. The summed E-state index contributed by atoms with van der Waals surface area (Å²) in [5, 5.41) is 19.8. The van der Waals surface area contributed by atoms with Gasteiger partial charge in [0.2, 0.25) is 0 Å². The molecule has 45 heavy (non-hydrogen) atoms. The number of methoxy groups -OCH3 is 1. The molecule has 1 heterocycles. The SMILES string of the molecule is C=C(C=O)CO.C=C(CO)C(=O)OCC(COC)c1ccc(C2CCC(c3ccc4cc(CCCCC)ccc4c3)CC2)cn1. The second kappa shape index (κ2) is 19.0. The zero-order valence-electron chi connectivity index (χ0n) is 26.9. The van der Waals surface area contributed by atoms with Crippen molar-refractivity contribution in [3.8, 4) is 0 Å². The lowest BCUT2D eigenvalue weighted by Crippen LogP contribution is -2.19. The van der Waals surface area contributed by atoms with Gasteiger partial charge < -0.3 is 19.7 Å². The van der Waals surface area contributed by atoms with Gasteiger partial charge in [-0.15, -0.1) is 0 Å². The van der Waals surface area contributed by atoms with Crippen molar-refractivity contribution in [1.29, 1.82) is 0 Å². The van der Waals surface area contributed by atoms with E-state index in [1.807, 2.05) is 12.3 Å². The topological polar surface area (TPSA) is 106 Å². The Morgan fingerprint density at radius 1 is 0.933 bits per heavy atom. The molecule has 0 amide bonds. The Kier molecular flexibility index (Phi) is 15.1. The van der Waals surface area contributed by atoms with E-state index in [4.69, 9.17) is 24.7 Å². The fourth-order valence-corrected chi connectivity index (χ4v) is 5.76. The van der Waals surface area contributed by atoms with Crippen molar-refractivity contribution in [2.75, 3.05) is 33.5 Å². The molecule has 1 unspecified atom stereocenters. The van der Waals surface area contributed by atoms with Crippen molar-refractivity contribution in [3.63, 3.8) is 0 Å². The Hall–Kier alpha value is -3.65. The van der Waals surface area contributed by atoms with Crippen LogP contribution in [0.25, 0.3) is 10.8 Å². The molecule has 3 aromatic rings. The standard InChI is InChI=1S/C34H43NO4.C4H6O2/c1-4-5-6-7-25-8-9-30-19-29(15-14-28(30)18-25)26-10-12-27(13-11-26)31-16-17-33(35-20-31)32(22-38-3)23-39-34(37)24(2)21-36;1-4(2-5)3-6/h8-9,14-20,26-27,32,36H,2,4-7,10-13,21-23H2,1,3H3;2,6H,1,3H2. The molecule has 1 aliphatic carbocycles. The molecule has 2 aromatic carbocycles. The number of aliphatic hydroxyl groups is 2. The van der Waals surface area contributed by atoms with E-state index in [-0.39, 0.29) is 30.3 Å². The number of rotatable bonds is 15. The number of esters is 1. The summed E-state index contributed by atoms with van der Waals surface area (Å²) >= 11 is 0. The number of fused-ring (bicyclic) bond motifs is 1. The Bertz CT molecular complexity index is 1390. The van der Waals surface area contributed by atoms with Gasteiger partial charge in [-0.2, -0.15) is 0 Å².